The number of hydrogen-bond donors (Lipinski definition) is 0. The Hall–Kier alpha value is -2.96. The van der Waals surface area contributed by atoms with Crippen LogP contribution >= 0.6 is 0 Å². The molecule has 0 fully saturated rings. The molecule has 0 aliphatic heterocycles. The lowest BCUT2D eigenvalue weighted by Gasteiger charge is -2.07. The summed E-state index contributed by atoms with van der Waals surface area (Å²) in [4.78, 5) is 28.0. The van der Waals surface area contributed by atoms with Crippen LogP contribution in [0.15, 0.2) is 48.8 Å². The van der Waals surface area contributed by atoms with E-state index >= 15 is 0 Å². The van der Waals surface area contributed by atoms with Crippen LogP contribution in [0.1, 0.15) is 42.1 Å². The predicted molar refractivity (Wildman–Crippen MR) is 99.2 cm³/mol. The third kappa shape index (κ3) is 4.65. The molecule has 0 bridgehead atoms. The fourth-order valence-electron chi connectivity index (χ4n) is 3.01. The van der Waals surface area contributed by atoms with Crippen LogP contribution in [0.4, 0.5) is 13.2 Å². The van der Waals surface area contributed by atoms with Crippen LogP contribution in [-0.4, -0.2) is 27.1 Å². The van der Waals surface area contributed by atoms with Crippen LogP contribution in [-0.2, 0) is 11.2 Å². The van der Waals surface area contributed by atoms with E-state index in [1.54, 1.807) is 49.6 Å². The Kier molecular flexibility index (Phi) is 5.63. The van der Waals surface area contributed by atoms with Crippen LogP contribution in [0.2, 0.25) is 0 Å². The van der Waals surface area contributed by atoms with Gasteiger partial charge in [-0.1, -0.05) is 25.1 Å². The third-order valence-electron chi connectivity index (χ3n) is 4.47. The number of alkyl halides is 3. The summed E-state index contributed by atoms with van der Waals surface area (Å²) in [5.41, 5.74) is 3.44. The van der Waals surface area contributed by atoms with Crippen molar-refractivity contribution in [2.45, 2.75) is 38.8 Å². The molecule has 1 aromatic carbocycles. The highest BCUT2D eigenvalue weighted by molar-refractivity contribution is 5.96. The number of halogens is 3. The predicted octanol–water partition coefficient (Wildman–Crippen LogP) is 5.05. The van der Waals surface area contributed by atoms with Crippen LogP contribution in [0, 0.1) is 0 Å². The van der Waals surface area contributed by atoms with Crippen molar-refractivity contribution < 1.29 is 22.8 Å². The van der Waals surface area contributed by atoms with E-state index in [1.165, 1.54) is 0 Å². The zero-order valence-corrected chi connectivity index (χ0v) is 15.3. The molecule has 0 aliphatic rings. The number of Topliss-reactive ketones (excluding diaryl/α,β-unsaturated/α-hetero) is 2. The number of pyridine rings is 1. The summed E-state index contributed by atoms with van der Waals surface area (Å²) in [5, 5.41) is 0. The second-order valence-electron chi connectivity index (χ2n) is 6.59. The number of carbonyl (C=O) groups excluding carboxylic acids is 2. The minimum Gasteiger partial charge on any atom is -0.300 e. The van der Waals surface area contributed by atoms with Crippen LogP contribution < -0.4 is 0 Å². The molecule has 7 heteroatoms. The van der Waals surface area contributed by atoms with Crippen molar-refractivity contribution in [3.8, 4) is 11.3 Å². The largest absolute Gasteiger partial charge is 0.389 e. The van der Waals surface area contributed by atoms with Crippen molar-refractivity contribution in [2.75, 3.05) is 0 Å². The molecule has 146 valence electrons. The Labute approximate surface area is 160 Å². The third-order valence-corrected chi connectivity index (χ3v) is 4.47. The zero-order valence-electron chi connectivity index (χ0n) is 15.3. The number of carbonyl (C=O) groups is 2. The Bertz CT molecular complexity index is 1020. The van der Waals surface area contributed by atoms with E-state index in [2.05, 4.69) is 4.98 Å². The molecule has 0 amide bonds. The molecule has 28 heavy (non-hydrogen) atoms. The zero-order chi connectivity index (χ0) is 20.3. The highest BCUT2D eigenvalue weighted by atomic mass is 19.4. The number of rotatable bonds is 7. The van der Waals surface area contributed by atoms with E-state index in [-0.39, 0.29) is 12.2 Å². The lowest BCUT2D eigenvalue weighted by atomic mass is 10.0. The first-order valence-corrected chi connectivity index (χ1v) is 8.95. The van der Waals surface area contributed by atoms with Gasteiger partial charge in [0, 0.05) is 36.6 Å². The van der Waals surface area contributed by atoms with Gasteiger partial charge in [0.25, 0.3) is 0 Å². The number of imidazole rings is 1. The molecule has 2 aromatic heterocycles. The van der Waals surface area contributed by atoms with Crippen molar-refractivity contribution in [1.82, 2.24) is 9.38 Å². The molecule has 4 nitrogen and oxygen atoms in total. The number of ketones is 2. The smallest absolute Gasteiger partial charge is 0.300 e. The lowest BCUT2D eigenvalue weighted by molar-refractivity contribution is -0.143. The van der Waals surface area contributed by atoms with Gasteiger partial charge < -0.3 is 0 Å². The summed E-state index contributed by atoms with van der Waals surface area (Å²) in [5.74, 6) is -0.415. The number of fused-ring (bicyclic) bond motifs is 1. The molecule has 3 rings (SSSR count). The van der Waals surface area contributed by atoms with E-state index in [1.807, 2.05) is 10.5 Å². The second-order valence-corrected chi connectivity index (χ2v) is 6.59. The maximum Gasteiger partial charge on any atom is 0.389 e. The van der Waals surface area contributed by atoms with E-state index in [0.29, 0.717) is 23.2 Å². The van der Waals surface area contributed by atoms with E-state index < -0.39 is 24.8 Å². The summed E-state index contributed by atoms with van der Waals surface area (Å²) in [6, 6.07) is 10.6. The summed E-state index contributed by atoms with van der Waals surface area (Å²) in [6.07, 6.45) is -2.15. The van der Waals surface area contributed by atoms with Gasteiger partial charge in [0.15, 0.2) is 5.78 Å². The molecule has 0 N–H and O–H groups in total. The van der Waals surface area contributed by atoms with Crippen molar-refractivity contribution in [3.63, 3.8) is 0 Å². The SMILES string of the molecule is CCC(=O)c1ccn2c(-c3cccc(CC(=O)CCC(F)(F)F)c3)cnc2c1. The molecule has 0 aliphatic carbocycles. The molecular formula is C21H19F3N2O2. The Morgan fingerprint density at radius 1 is 1.14 bits per heavy atom. The first kappa shape index (κ1) is 19.8. The van der Waals surface area contributed by atoms with Crippen LogP contribution in [0.25, 0.3) is 16.9 Å². The van der Waals surface area contributed by atoms with Crippen LogP contribution in [0.3, 0.4) is 0 Å². The average Bonchev–Trinajstić information content (AvgIpc) is 3.08. The fourth-order valence-corrected chi connectivity index (χ4v) is 3.01. The van der Waals surface area contributed by atoms with Gasteiger partial charge in [0.1, 0.15) is 11.4 Å². The number of hydrogen-bond acceptors (Lipinski definition) is 3. The van der Waals surface area contributed by atoms with Gasteiger partial charge in [-0.3, -0.25) is 14.0 Å². The quantitative estimate of drug-likeness (QED) is 0.533. The minimum atomic E-state index is -4.33. The molecule has 0 unspecified atom stereocenters. The first-order chi connectivity index (χ1) is 13.3. The molecule has 0 atom stereocenters. The molecule has 3 aromatic rings. The number of nitrogens with zero attached hydrogens (tertiary/aromatic N) is 2. The Balaban J connectivity index is 1.82. The summed E-state index contributed by atoms with van der Waals surface area (Å²) >= 11 is 0. The Morgan fingerprint density at radius 2 is 1.93 bits per heavy atom. The molecule has 0 saturated carbocycles. The number of aromatic nitrogens is 2. The fraction of sp³-hybridized carbons (Fsp3) is 0.286. The first-order valence-electron chi connectivity index (χ1n) is 8.95. The normalized spacial score (nSPS) is 11.7. The molecule has 0 radical (unpaired) electrons. The van der Waals surface area contributed by atoms with E-state index in [0.717, 1.165) is 11.3 Å². The number of benzene rings is 1. The maximum atomic E-state index is 12.3. The average molecular weight is 388 g/mol. The minimum absolute atomic E-state index is 0.0337. The van der Waals surface area contributed by atoms with Gasteiger partial charge in [0.05, 0.1) is 18.3 Å². The van der Waals surface area contributed by atoms with Gasteiger partial charge in [-0.05, 0) is 23.8 Å². The summed E-state index contributed by atoms with van der Waals surface area (Å²) < 4.78 is 38.6. The van der Waals surface area contributed by atoms with Crippen molar-refractivity contribution >= 4 is 17.2 Å². The maximum absolute atomic E-state index is 12.3. The monoisotopic (exact) mass is 388 g/mol. The lowest BCUT2D eigenvalue weighted by Crippen LogP contribution is -2.12. The van der Waals surface area contributed by atoms with Crippen molar-refractivity contribution in [1.29, 1.82) is 0 Å². The highest BCUT2D eigenvalue weighted by Gasteiger charge is 2.27. The van der Waals surface area contributed by atoms with E-state index in [9.17, 15) is 22.8 Å². The van der Waals surface area contributed by atoms with Gasteiger partial charge in [0.2, 0.25) is 0 Å². The van der Waals surface area contributed by atoms with Crippen LogP contribution in [0.5, 0.6) is 0 Å². The summed E-state index contributed by atoms with van der Waals surface area (Å²) in [6.45, 7) is 1.80. The molecule has 2 heterocycles. The van der Waals surface area contributed by atoms with Gasteiger partial charge in [-0.25, -0.2) is 4.98 Å². The second kappa shape index (κ2) is 7.96. The molecule has 0 spiro atoms. The van der Waals surface area contributed by atoms with Gasteiger partial charge >= 0.3 is 6.18 Å². The van der Waals surface area contributed by atoms with Crippen molar-refractivity contribution in [2.24, 2.45) is 0 Å². The van der Waals surface area contributed by atoms with Crippen molar-refractivity contribution in [3.05, 3.63) is 59.9 Å². The van der Waals surface area contributed by atoms with Gasteiger partial charge in [-0.2, -0.15) is 13.2 Å². The standard InChI is InChI=1S/C21H19F3N2O2/c1-2-19(28)16-7-9-26-18(13-25-20(26)12-16)15-5-3-4-14(10-15)11-17(27)6-8-21(22,23)24/h3-5,7,9-10,12-13H,2,6,8,11H2,1H3. The highest BCUT2D eigenvalue weighted by Crippen LogP contribution is 2.24. The molecular weight excluding hydrogens is 369 g/mol. The molecule has 0 saturated heterocycles. The van der Waals surface area contributed by atoms with E-state index in [4.69, 9.17) is 0 Å². The van der Waals surface area contributed by atoms with Gasteiger partial charge in [-0.15, -0.1) is 0 Å². The Morgan fingerprint density at radius 3 is 2.64 bits per heavy atom. The topological polar surface area (TPSA) is 51.4 Å². The summed E-state index contributed by atoms with van der Waals surface area (Å²) in [7, 11) is 0.